The van der Waals surface area contributed by atoms with E-state index in [2.05, 4.69) is 15.5 Å². The van der Waals surface area contributed by atoms with Crippen molar-refractivity contribution in [2.24, 2.45) is 5.92 Å². The van der Waals surface area contributed by atoms with Gasteiger partial charge in [0.2, 0.25) is 10.9 Å². The number of aromatic nitrogens is 2. The van der Waals surface area contributed by atoms with Crippen molar-refractivity contribution < 1.29 is 33.3 Å². The van der Waals surface area contributed by atoms with Gasteiger partial charge in [-0.2, -0.15) is 0 Å². The highest BCUT2D eigenvalue weighted by molar-refractivity contribution is 7.18. The fraction of sp³-hybridized carbons (Fsp3) is 0.357. The molecule has 2 aliphatic rings. The lowest BCUT2D eigenvalue weighted by Crippen LogP contribution is -2.36. The topological polar surface area (TPSA) is 118 Å². The highest BCUT2D eigenvalue weighted by Gasteiger charge is 2.38. The van der Waals surface area contributed by atoms with Gasteiger partial charge in [-0.1, -0.05) is 18.3 Å². The van der Waals surface area contributed by atoms with Gasteiger partial charge in [0.15, 0.2) is 17.3 Å². The van der Waals surface area contributed by atoms with Crippen LogP contribution < -0.4 is 29.0 Å². The summed E-state index contributed by atoms with van der Waals surface area (Å²) >= 11 is 1.18. The zero-order chi connectivity index (χ0) is 28.1. The summed E-state index contributed by atoms with van der Waals surface area (Å²) in [6.07, 6.45) is 3.42. The number of methoxy groups -OCH3 is 3. The van der Waals surface area contributed by atoms with E-state index in [1.54, 1.807) is 18.2 Å². The summed E-state index contributed by atoms with van der Waals surface area (Å²) in [6.45, 7) is 7.45. The first-order valence-corrected chi connectivity index (χ1v) is 13.1. The maximum atomic E-state index is 13.6. The lowest BCUT2D eigenvalue weighted by atomic mass is 9.87. The molecule has 10 nitrogen and oxygen atoms in total. The Bertz CT molecular complexity index is 1490. The lowest BCUT2D eigenvalue weighted by molar-refractivity contribution is 0.0726. The third kappa shape index (κ3) is 4.67. The molecule has 39 heavy (non-hydrogen) atoms. The minimum atomic E-state index is -0.657. The number of carbonyl (C=O) groups is 2. The van der Waals surface area contributed by atoms with Gasteiger partial charge in [-0.15, -0.1) is 10.2 Å². The fourth-order valence-corrected chi connectivity index (χ4v) is 5.22. The molecule has 2 unspecified atom stereocenters. The van der Waals surface area contributed by atoms with E-state index >= 15 is 0 Å². The van der Waals surface area contributed by atoms with Crippen molar-refractivity contribution in [1.29, 1.82) is 0 Å². The monoisotopic (exact) mass is 551 g/mol. The molecule has 2 aliphatic heterocycles. The molecule has 0 saturated carbocycles. The van der Waals surface area contributed by atoms with Crippen LogP contribution in [0.1, 0.15) is 54.0 Å². The first kappa shape index (κ1) is 26.5. The van der Waals surface area contributed by atoms with E-state index in [-0.39, 0.29) is 28.5 Å². The average Bonchev–Trinajstić information content (AvgIpc) is 3.38. The Labute approximate surface area is 229 Å². The van der Waals surface area contributed by atoms with Gasteiger partial charge in [0, 0.05) is 5.56 Å². The first-order valence-electron chi connectivity index (χ1n) is 12.3. The number of amides is 1. The summed E-state index contributed by atoms with van der Waals surface area (Å²) in [6, 6.07) is 5.05. The molecule has 1 aromatic heterocycles. The van der Waals surface area contributed by atoms with E-state index in [1.807, 2.05) is 39.8 Å². The Morgan fingerprint density at radius 2 is 1.72 bits per heavy atom. The second-order valence-corrected chi connectivity index (χ2v) is 10.8. The molecule has 3 aromatic rings. The largest absolute Gasteiger partial charge is 0.493 e. The molecule has 2 aromatic carbocycles. The smallest absolute Gasteiger partial charge is 0.261 e. The highest BCUT2D eigenvalue weighted by Crippen LogP contribution is 2.46. The van der Waals surface area contributed by atoms with Crippen molar-refractivity contribution in [1.82, 2.24) is 10.2 Å². The van der Waals surface area contributed by atoms with Crippen LogP contribution in [0.4, 0.5) is 5.13 Å². The number of benzene rings is 2. The summed E-state index contributed by atoms with van der Waals surface area (Å²) in [7, 11) is 4.59. The second-order valence-electron chi connectivity index (χ2n) is 9.84. The molecule has 0 radical (unpaired) electrons. The molecule has 1 N–H and O–H groups in total. The van der Waals surface area contributed by atoms with Crippen LogP contribution in [0.2, 0.25) is 0 Å². The van der Waals surface area contributed by atoms with Crippen LogP contribution in [0.5, 0.6) is 28.7 Å². The molecular weight excluding hydrogens is 522 g/mol. The van der Waals surface area contributed by atoms with Crippen LogP contribution in [0, 0.1) is 5.92 Å². The number of hydrogen-bond donors (Lipinski definition) is 1. The number of Topliss-reactive ketones (excluding diaryl/α,β-unsaturated/α-hetero) is 1. The van der Waals surface area contributed by atoms with E-state index < -0.39 is 11.5 Å². The van der Waals surface area contributed by atoms with Crippen molar-refractivity contribution in [3.05, 3.63) is 41.0 Å². The molecule has 1 amide bonds. The van der Waals surface area contributed by atoms with Gasteiger partial charge in [-0.05, 0) is 51.1 Å². The van der Waals surface area contributed by atoms with Gasteiger partial charge in [-0.3, -0.25) is 14.9 Å². The molecule has 0 aliphatic carbocycles. The highest BCUT2D eigenvalue weighted by atomic mass is 32.1. The summed E-state index contributed by atoms with van der Waals surface area (Å²) in [4.78, 5) is 26.7. The molecule has 0 fully saturated rings. The van der Waals surface area contributed by atoms with Crippen LogP contribution in [-0.2, 0) is 0 Å². The molecular formula is C28H29N3O7S. The molecule has 0 spiro atoms. The van der Waals surface area contributed by atoms with E-state index in [1.165, 1.54) is 32.7 Å². The Hall–Kier alpha value is -4.12. The zero-order valence-corrected chi connectivity index (χ0v) is 23.5. The maximum Gasteiger partial charge on any atom is 0.261 e. The summed E-state index contributed by atoms with van der Waals surface area (Å²) in [5, 5.41) is 12.0. The molecule has 2 atom stereocenters. The van der Waals surface area contributed by atoms with Gasteiger partial charge in [0.25, 0.3) is 5.91 Å². The average molecular weight is 552 g/mol. The SMILES string of the molecule is COc1cc(-c2nnc(NC(=O)c3cc4c(c5c3OC(C)(C)C=C5)OC(C)C(C)C4=O)s2)cc(OC)c1OC. The Kier molecular flexibility index (Phi) is 6.71. The van der Waals surface area contributed by atoms with Crippen LogP contribution in [0.25, 0.3) is 16.6 Å². The number of carbonyl (C=O) groups excluding carboxylic acids is 2. The van der Waals surface area contributed by atoms with Crippen LogP contribution >= 0.6 is 11.3 Å². The number of nitrogens with one attached hydrogen (secondary N) is 1. The number of rotatable bonds is 6. The number of nitrogens with zero attached hydrogens (tertiary/aromatic N) is 2. The van der Waals surface area contributed by atoms with Gasteiger partial charge in [0.05, 0.1) is 43.9 Å². The van der Waals surface area contributed by atoms with Crippen molar-refractivity contribution in [2.75, 3.05) is 26.6 Å². The minimum absolute atomic E-state index is 0.0839. The van der Waals surface area contributed by atoms with E-state index in [9.17, 15) is 9.59 Å². The fourth-order valence-electron chi connectivity index (χ4n) is 4.50. The molecule has 204 valence electrons. The van der Waals surface area contributed by atoms with Crippen molar-refractivity contribution >= 4 is 34.2 Å². The zero-order valence-electron chi connectivity index (χ0n) is 22.7. The minimum Gasteiger partial charge on any atom is -0.493 e. The number of ether oxygens (including phenoxy) is 5. The molecule has 0 bridgehead atoms. The van der Waals surface area contributed by atoms with Crippen LogP contribution in [-0.4, -0.2) is 54.9 Å². The van der Waals surface area contributed by atoms with E-state index in [4.69, 9.17) is 23.7 Å². The summed E-state index contributed by atoms with van der Waals surface area (Å²) in [5.41, 5.74) is 1.15. The van der Waals surface area contributed by atoms with Crippen molar-refractivity contribution in [3.8, 4) is 39.3 Å². The van der Waals surface area contributed by atoms with Gasteiger partial charge < -0.3 is 23.7 Å². The predicted octanol–water partition coefficient (Wildman–Crippen LogP) is 5.27. The number of ketones is 1. The van der Waals surface area contributed by atoms with Crippen molar-refractivity contribution in [2.45, 2.75) is 39.4 Å². The quantitative estimate of drug-likeness (QED) is 0.437. The van der Waals surface area contributed by atoms with Crippen LogP contribution in [0.15, 0.2) is 24.3 Å². The van der Waals surface area contributed by atoms with Gasteiger partial charge in [0.1, 0.15) is 28.2 Å². The first-order chi connectivity index (χ1) is 18.6. The van der Waals surface area contributed by atoms with Crippen LogP contribution in [0.3, 0.4) is 0 Å². The maximum absolute atomic E-state index is 13.6. The normalized spacial score (nSPS) is 18.8. The third-order valence-electron chi connectivity index (χ3n) is 6.77. The standard InChI is InChI=1S/C28H29N3O7S/c1-13-14(2)37-22-16-8-9-28(3,4)38-23(16)18(12-17(22)21(13)32)25(33)29-27-31-30-26(39-27)15-10-19(34-5)24(36-7)20(11-15)35-6/h8-14H,1-7H3,(H,29,31,33). The van der Waals surface area contributed by atoms with Crippen molar-refractivity contribution in [3.63, 3.8) is 0 Å². The Morgan fingerprint density at radius 3 is 2.36 bits per heavy atom. The molecule has 5 rings (SSSR count). The number of anilines is 1. The number of fused-ring (bicyclic) bond motifs is 3. The molecule has 0 saturated heterocycles. The van der Waals surface area contributed by atoms with E-state index in [0.29, 0.717) is 50.4 Å². The van der Waals surface area contributed by atoms with Gasteiger partial charge in [-0.25, -0.2) is 0 Å². The van der Waals surface area contributed by atoms with E-state index in [0.717, 1.165) is 0 Å². The molecule has 11 heteroatoms. The Balaban J connectivity index is 1.51. The third-order valence-corrected chi connectivity index (χ3v) is 7.66. The predicted molar refractivity (Wildman–Crippen MR) is 147 cm³/mol. The number of hydrogen-bond acceptors (Lipinski definition) is 10. The summed E-state index contributed by atoms with van der Waals surface area (Å²) in [5.74, 6) is 1.27. The van der Waals surface area contributed by atoms with Gasteiger partial charge >= 0.3 is 0 Å². The lowest BCUT2D eigenvalue weighted by Gasteiger charge is -2.34. The molecule has 3 heterocycles. The summed E-state index contributed by atoms with van der Waals surface area (Å²) < 4.78 is 28.6. The second kappa shape index (κ2) is 9.88. The Morgan fingerprint density at radius 1 is 1.03 bits per heavy atom.